The van der Waals surface area contributed by atoms with Crippen LogP contribution in [-0.4, -0.2) is 106 Å². The molecule has 22 heteroatoms. The van der Waals surface area contributed by atoms with Crippen LogP contribution >= 0.6 is 0 Å². The minimum atomic E-state index is 0. The van der Waals surface area contributed by atoms with Gasteiger partial charge in [-0.2, -0.15) is 72.8 Å². The molecule has 8 aliphatic rings. The minimum absolute atomic E-state index is 0. The first-order chi connectivity index (χ1) is 38.0. The molecule has 484 valence electrons. The number of rotatable bonds is 0. The van der Waals surface area contributed by atoms with Gasteiger partial charge in [-0.3, -0.25) is 0 Å². The van der Waals surface area contributed by atoms with Crippen LogP contribution in [0.5, 0.6) is 0 Å². The fraction of sp³-hybridized carbons (Fsp3) is 0.533. The van der Waals surface area contributed by atoms with Crippen LogP contribution in [-0.2, 0) is 143 Å². The van der Waals surface area contributed by atoms with E-state index in [-0.39, 0.29) is 162 Å². The van der Waals surface area contributed by atoms with E-state index in [1.54, 1.807) is 0 Å². The van der Waals surface area contributed by atoms with Crippen molar-refractivity contribution in [1.82, 2.24) is 0 Å². The van der Waals surface area contributed by atoms with Crippen molar-refractivity contribution in [3.63, 3.8) is 0 Å². The average molecular weight is 1630 g/mol. The minimum Gasteiger partial charge on any atom is -0.214 e. The van der Waals surface area contributed by atoms with Crippen molar-refractivity contribution in [3.05, 3.63) is 175 Å². The van der Waals surface area contributed by atoms with Gasteiger partial charge in [-0.15, -0.1) is 0 Å². The SMILES string of the molecule is C1CCOC1.C1CCOC1.C1CCOC1.C1CCOC1.C1CCOC1.C1CCOC1.C1CCOC1.C1CCOC1.[C-]#[O+].[C-]#[O+].[C-]#[O+].[C-]#[O+].[C-]#[O+].[C-]#[O+].[C-]#[O+].[C-]#[O+].[Fe].[Fe].[Fe].[Fe].[Yb].[Yb].c1cc[cH-]c1.c1cc[cH-]c1.c1cc[cH-]c1.c1cc[cH-]c1. The molecule has 8 heterocycles. The van der Waals surface area contributed by atoms with Gasteiger partial charge in [-0.1, -0.05) is 0 Å². The van der Waals surface area contributed by atoms with E-state index in [4.69, 9.17) is 75.1 Å². The van der Waals surface area contributed by atoms with Crippen molar-refractivity contribution in [2.45, 2.75) is 103 Å². The fourth-order valence-corrected chi connectivity index (χ4v) is 5.37. The molecule has 0 amide bonds. The summed E-state index contributed by atoms with van der Waals surface area (Å²) >= 11 is 0. The fourth-order valence-electron chi connectivity index (χ4n) is 5.37. The van der Waals surface area contributed by atoms with Gasteiger partial charge >= 0.3 is 90.4 Å². The Bertz CT molecular complexity index is 1100. The Balaban J connectivity index is -0.0000000498. The van der Waals surface area contributed by atoms with Gasteiger partial charge < -0.3 is 37.9 Å². The molecule has 0 unspecified atom stereocenters. The zero-order chi connectivity index (χ0) is 58.4. The van der Waals surface area contributed by atoms with Crippen LogP contribution in [0.3, 0.4) is 0 Å². The molecule has 0 spiro atoms. The van der Waals surface area contributed by atoms with Crippen molar-refractivity contribution < 1.29 is 237 Å². The summed E-state index contributed by atoms with van der Waals surface area (Å²) < 4.78 is 99.6. The zero-order valence-electron chi connectivity index (χ0n) is 46.7. The largest absolute Gasteiger partial charge is 0.214 e. The molecule has 0 atom stereocenters. The van der Waals surface area contributed by atoms with Gasteiger partial charge in [-0.05, 0) is 103 Å². The number of hydrogen-bond donors (Lipinski definition) is 0. The van der Waals surface area contributed by atoms with Gasteiger partial charge in [0.05, 0.1) is 0 Å². The number of hydrogen-bond acceptors (Lipinski definition) is 8. The smallest absolute Gasteiger partial charge is 0 e. The summed E-state index contributed by atoms with van der Waals surface area (Å²) in [6.07, 6.45) is 20.4. The molecule has 4 aromatic rings. The Morgan fingerprint density at radius 1 is 0.183 bits per heavy atom. The monoisotopic (exact) mass is 1630 g/mol. The van der Waals surface area contributed by atoms with E-state index in [9.17, 15) is 0 Å². The Morgan fingerprint density at radius 3 is 0.280 bits per heavy atom. The van der Waals surface area contributed by atoms with E-state index in [1.807, 2.05) is 121 Å². The standard InChI is InChI=1S/4C5H5.8C4H8O.8CO.4Fe.2Yb/c12*1-2-4-5-3-1;8*1-2;;;;;;/h4*1-5H;8*1-4H2;;;;;;;;;;;;;;/q4*-1;;;;;;;;;;;;;;;;;;;;;;. The van der Waals surface area contributed by atoms with Gasteiger partial charge in [-0.25, -0.2) is 48.5 Å². The molecule has 0 N–H and O–H groups in total. The van der Waals surface area contributed by atoms with E-state index in [2.05, 4.69) is 53.2 Å². The summed E-state index contributed by atoms with van der Waals surface area (Å²) in [7, 11) is 0. The van der Waals surface area contributed by atoms with Gasteiger partial charge in [0.25, 0.3) is 0 Å². The van der Waals surface area contributed by atoms with Crippen LogP contribution in [0.15, 0.2) is 121 Å². The Labute approximate surface area is 612 Å². The Morgan fingerprint density at radius 2 is 0.256 bits per heavy atom. The molecular formula is C60H84Fe4O16Yb2-4. The predicted molar refractivity (Wildman–Crippen MR) is 280 cm³/mol. The Kier molecular flexibility index (Phi) is 205. The molecule has 0 saturated carbocycles. The Hall–Kier alpha value is 0.117. The predicted octanol–water partition coefficient (Wildman–Crippen LogP) is 11.7. The third-order valence-corrected chi connectivity index (χ3v) is 8.84. The van der Waals surface area contributed by atoms with Gasteiger partial charge in [0.2, 0.25) is 0 Å². The van der Waals surface area contributed by atoms with Crippen LogP contribution in [0.2, 0.25) is 0 Å². The summed E-state index contributed by atoms with van der Waals surface area (Å²) in [5.74, 6) is 0. The summed E-state index contributed by atoms with van der Waals surface area (Å²) in [6.45, 7) is 52.0. The second-order valence-corrected chi connectivity index (χ2v) is 14.4. The second kappa shape index (κ2) is 144. The molecule has 12 rings (SSSR count). The molecule has 82 heavy (non-hydrogen) atoms. The number of ether oxygens (including phenoxy) is 8. The van der Waals surface area contributed by atoms with Gasteiger partial charge in [0.15, 0.2) is 0 Å². The second-order valence-electron chi connectivity index (χ2n) is 14.4. The maximum absolute atomic E-state index is 7.50. The third-order valence-electron chi connectivity index (χ3n) is 8.84. The molecule has 0 bridgehead atoms. The van der Waals surface area contributed by atoms with E-state index >= 15 is 0 Å². The average Bonchev–Trinajstić information content (AvgIpc) is 4.38. The van der Waals surface area contributed by atoms with Crippen molar-refractivity contribution in [3.8, 4) is 0 Å². The molecule has 8 fully saturated rings. The topological polar surface area (TPSA) is 233 Å². The summed E-state index contributed by atoms with van der Waals surface area (Å²) in [6, 6.07) is 40.0. The van der Waals surface area contributed by atoms with Crippen LogP contribution < -0.4 is 0 Å². The van der Waals surface area contributed by atoms with Crippen molar-refractivity contribution >= 4 is 0 Å². The van der Waals surface area contributed by atoms with E-state index in [0.29, 0.717) is 0 Å². The van der Waals surface area contributed by atoms with Crippen molar-refractivity contribution in [1.29, 1.82) is 0 Å². The first-order valence-electron chi connectivity index (χ1n) is 24.9. The normalized spacial score (nSPS) is 13.9. The third kappa shape index (κ3) is 139. The molecule has 0 radical (unpaired) electrons. The van der Waals surface area contributed by atoms with E-state index in [1.165, 1.54) is 103 Å². The first-order valence-corrected chi connectivity index (χ1v) is 24.9. The van der Waals surface area contributed by atoms with E-state index in [0.717, 1.165) is 106 Å². The molecule has 8 saturated heterocycles. The van der Waals surface area contributed by atoms with Crippen molar-refractivity contribution in [2.24, 2.45) is 0 Å². The molecule has 16 nitrogen and oxygen atoms in total. The summed E-state index contributed by atoms with van der Waals surface area (Å²) in [5, 5.41) is 0. The van der Waals surface area contributed by atoms with Gasteiger partial charge in [0, 0.05) is 268 Å². The molecule has 0 aromatic heterocycles. The summed E-state index contributed by atoms with van der Waals surface area (Å²) in [4.78, 5) is 0. The molecular weight excluding hydrogens is 1550 g/mol. The zero-order valence-corrected chi connectivity index (χ0v) is 54.5. The maximum Gasteiger partial charge on any atom is 0 e. The van der Waals surface area contributed by atoms with Gasteiger partial charge in [0.1, 0.15) is 0 Å². The summed E-state index contributed by atoms with van der Waals surface area (Å²) in [5.41, 5.74) is 0. The first kappa shape index (κ1) is 116. The van der Waals surface area contributed by atoms with Crippen molar-refractivity contribution in [2.75, 3.05) is 106 Å². The molecule has 4 aromatic carbocycles. The van der Waals surface area contributed by atoms with Crippen LogP contribution in [0.4, 0.5) is 0 Å². The van der Waals surface area contributed by atoms with Crippen LogP contribution in [0.1, 0.15) is 103 Å². The van der Waals surface area contributed by atoms with Crippen LogP contribution in [0, 0.1) is 147 Å². The van der Waals surface area contributed by atoms with E-state index < -0.39 is 0 Å². The molecule has 0 aliphatic carbocycles. The van der Waals surface area contributed by atoms with Crippen LogP contribution in [0.25, 0.3) is 0 Å². The molecule has 8 aliphatic heterocycles. The maximum atomic E-state index is 7.50. The quantitative estimate of drug-likeness (QED) is 0.0931.